The molecule has 0 aliphatic carbocycles. The lowest BCUT2D eigenvalue weighted by atomic mass is 10.0. The van der Waals surface area contributed by atoms with Gasteiger partial charge in [0, 0.05) is 0 Å². The number of rotatable bonds is 7. The van der Waals surface area contributed by atoms with Crippen molar-refractivity contribution >= 4 is 29.5 Å². The number of fused-ring (bicyclic) bond motifs is 1. The molecule has 1 unspecified atom stereocenters. The molecule has 2 aliphatic heterocycles. The Hall–Kier alpha value is -3.98. The minimum Gasteiger partial charge on any atom is -0.509 e. The minimum absolute atomic E-state index is 0.0000138. The summed E-state index contributed by atoms with van der Waals surface area (Å²) in [5.41, 5.74) is 1.32. The van der Waals surface area contributed by atoms with Gasteiger partial charge in [-0.25, -0.2) is 4.79 Å². The second-order valence-corrected chi connectivity index (χ2v) is 9.22. The maximum Gasteiger partial charge on any atom is 0.359 e. The molecule has 178 valence electrons. The van der Waals surface area contributed by atoms with E-state index in [1.54, 1.807) is 12.1 Å². The van der Waals surface area contributed by atoms with Crippen LogP contribution < -0.4 is 5.32 Å². The summed E-state index contributed by atoms with van der Waals surface area (Å²) < 4.78 is 11.0. The van der Waals surface area contributed by atoms with Gasteiger partial charge in [0.05, 0.1) is 18.4 Å². The third-order valence-electron chi connectivity index (χ3n) is 5.80. The topological polar surface area (TPSA) is 109 Å². The van der Waals surface area contributed by atoms with Gasteiger partial charge in [0.1, 0.15) is 22.9 Å². The van der Waals surface area contributed by atoms with Crippen LogP contribution in [0.1, 0.15) is 23.0 Å². The first-order chi connectivity index (χ1) is 17.0. The number of esters is 1. The van der Waals surface area contributed by atoms with E-state index in [1.807, 2.05) is 60.7 Å². The number of nitrogens with one attached hydrogen (secondary N) is 1. The van der Waals surface area contributed by atoms with Gasteiger partial charge in [-0.15, -0.1) is 11.8 Å². The van der Waals surface area contributed by atoms with Crippen molar-refractivity contribution in [3.8, 4) is 0 Å². The summed E-state index contributed by atoms with van der Waals surface area (Å²) in [7, 11) is 0. The monoisotopic (exact) mass is 490 g/mol. The van der Waals surface area contributed by atoms with E-state index in [9.17, 15) is 19.5 Å². The molecular formula is C26H22N2O6S. The van der Waals surface area contributed by atoms with Crippen molar-refractivity contribution in [2.24, 2.45) is 0 Å². The van der Waals surface area contributed by atoms with Crippen LogP contribution in [0.25, 0.3) is 0 Å². The molecule has 35 heavy (non-hydrogen) atoms. The Morgan fingerprint density at radius 1 is 1.06 bits per heavy atom. The Bertz CT molecular complexity index is 1220. The van der Waals surface area contributed by atoms with Crippen molar-refractivity contribution in [3.63, 3.8) is 0 Å². The zero-order chi connectivity index (χ0) is 24.4. The highest BCUT2D eigenvalue weighted by atomic mass is 32.2. The maximum atomic E-state index is 13.3. The lowest BCUT2D eigenvalue weighted by Gasteiger charge is -2.48. The van der Waals surface area contributed by atoms with Crippen LogP contribution in [0.15, 0.2) is 94.9 Å². The van der Waals surface area contributed by atoms with Crippen molar-refractivity contribution < 1.29 is 28.6 Å². The molecule has 8 nitrogen and oxygen atoms in total. The fraction of sp³-hybridized carbons (Fsp3) is 0.192. The molecule has 1 fully saturated rings. The van der Waals surface area contributed by atoms with Crippen LogP contribution in [0.5, 0.6) is 0 Å². The molecule has 2 N–H and O–H groups in total. The van der Waals surface area contributed by atoms with E-state index in [0.29, 0.717) is 5.76 Å². The third kappa shape index (κ3) is 4.54. The van der Waals surface area contributed by atoms with E-state index in [1.165, 1.54) is 22.9 Å². The number of aliphatic hydroxyl groups excluding tert-OH is 1. The van der Waals surface area contributed by atoms with Crippen LogP contribution in [0.2, 0.25) is 0 Å². The second-order valence-electron chi connectivity index (χ2n) is 8.11. The molecule has 5 rings (SSSR count). The van der Waals surface area contributed by atoms with Gasteiger partial charge in [-0.05, 0) is 23.3 Å². The van der Waals surface area contributed by atoms with Crippen molar-refractivity contribution in [1.82, 2.24) is 10.2 Å². The van der Waals surface area contributed by atoms with E-state index in [4.69, 9.17) is 9.15 Å². The predicted octanol–water partition coefficient (Wildman–Crippen LogP) is 3.32. The molecule has 0 saturated carbocycles. The summed E-state index contributed by atoms with van der Waals surface area (Å²) in [6.45, 7) is 0. The lowest BCUT2D eigenvalue weighted by Crippen LogP contribution is -2.70. The van der Waals surface area contributed by atoms with Gasteiger partial charge < -0.3 is 19.6 Å². The molecule has 9 heteroatoms. The molecule has 1 saturated heterocycles. The van der Waals surface area contributed by atoms with Gasteiger partial charge in [0.15, 0.2) is 11.8 Å². The number of carbonyl (C=O) groups is 3. The summed E-state index contributed by atoms with van der Waals surface area (Å²) in [5.74, 6) is -1.29. The number of amides is 2. The summed E-state index contributed by atoms with van der Waals surface area (Å²) >= 11 is 1.27. The van der Waals surface area contributed by atoms with E-state index in [2.05, 4.69) is 5.32 Å². The number of carbonyl (C=O) groups excluding carboxylic acids is 3. The molecule has 0 bridgehead atoms. The van der Waals surface area contributed by atoms with E-state index in [0.717, 1.165) is 11.1 Å². The predicted molar refractivity (Wildman–Crippen MR) is 128 cm³/mol. The highest BCUT2D eigenvalue weighted by Gasteiger charge is 2.55. The molecule has 2 amide bonds. The molecule has 0 spiro atoms. The highest BCUT2D eigenvalue weighted by molar-refractivity contribution is 8.00. The number of benzene rings is 2. The normalized spacial score (nSPS) is 19.2. The van der Waals surface area contributed by atoms with E-state index < -0.39 is 29.4 Å². The maximum absolute atomic E-state index is 13.3. The fourth-order valence-corrected chi connectivity index (χ4v) is 5.34. The first kappa shape index (κ1) is 22.8. The van der Waals surface area contributed by atoms with Crippen LogP contribution in [0.4, 0.5) is 0 Å². The largest absolute Gasteiger partial charge is 0.509 e. The molecule has 3 heterocycles. The Kier molecular flexibility index (Phi) is 6.33. The molecule has 0 radical (unpaired) electrons. The fourth-order valence-electron chi connectivity index (χ4n) is 4.14. The average molecular weight is 491 g/mol. The number of hydrogen-bond donors (Lipinski definition) is 2. The Morgan fingerprint density at radius 2 is 1.71 bits per heavy atom. The van der Waals surface area contributed by atoms with Crippen LogP contribution in [0.3, 0.4) is 0 Å². The van der Waals surface area contributed by atoms with Gasteiger partial charge in [-0.2, -0.15) is 0 Å². The SMILES string of the molecule is O=C(Cc1ccco1)NC1C(=O)N2C(C(=O)OC(c3ccccc3)c3ccccc3)=C(O)CS[C@@H]12. The van der Waals surface area contributed by atoms with Crippen molar-refractivity contribution in [2.45, 2.75) is 23.9 Å². The summed E-state index contributed by atoms with van der Waals surface area (Å²) in [4.78, 5) is 39.8. The minimum atomic E-state index is -0.808. The first-order valence-electron chi connectivity index (χ1n) is 11.0. The average Bonchev–Trinajstić information content (AvgIpc) is 3.39. The highest BCUT2D eigenvalue weighted by Crippen LogP contribution is 2.41. The summed E-state index contributed by atoms with van der Waals surface area (Å²) in [6, 6.07) is 21.0. The molecule has 2 aliphatic rings. The van der Waals surface area contributed by atoms with Gasteiger partial charge in [0.2, 0.25) is 5.91 Å². The first-order valence-corrected chi connectivity index (χ1v) is 12.1. The van der Waals surface area contributed by atoms with Gasteiger partial charge in [-0.3, -0.25) is 14.5 Å². The molecule has 1 aromatic heterocycles. The van der Waals surface area contributed by atoms with Gasteiger partial charge in [0.25, 0.3) is 5.91 Å². The Morgan fingerprint density at radius 3 is 2.31 bits per heavy atom. The van der Waals surface area contributed by atoms with Crippen molar-refractivity contribution in [2.75, 3.05) is 5.75 Å². The molecule has 2 atom stereocenters. The van der Waals surface area contributed by atoms with Crippen molar-refractivity contribution in [3.05, 3.63) is 107 Å². The number of ether oxygens (including phenoxy) is 1. The molecule has 2 aromatic carbocycles. The van der Waals surface area contributed by atoms with Gasteiger partial charge in [-0.1, -0.05) is 60.7 Å². The number of nitrogens with zero attached hydrogens (tertiary/aromatic N) is 1. The molecular weight excluding hydrogens is 468 g/mol. The van der Waals surface area contributed by atoms with E-state index in [-0.39, 0.29) is 29.5 Å². The van der Waals surface area contributed by atoms with E-state index >= 15 is 0 Å². The number of furan rings is 1. The summed E-state index contributed by atoms with van der Waals surface area (Å²) in [5, 5.41) is 12.7. The van der Waals surface area contributed by atoms with Crippen LogP contribution in [-0.2, 0) is 25.5 Å². The zero-order valence-corrected chi connectivity index (χ0v) is 19.3. The number of thioether (sulfide) groups is 1. The molecule has 3 aromatic rings. The van der Waals surface area contributed by atoms with Gasteiger partial charge >= 0.3 is 5.97 Å². The Balaban J connectivity index is 1.33. The quantitative estimate of drug-likeness (QED) is 0.386. The van der Waals surface area contributed by atoms with Crippen LogP contribution in [0, 0.1) is 0 Å². The van der Waals surface area contributed by atoms with Crippen molar-refractivity contribution in [1.29, 1.82) is 0 Å². The number of β-lactam (4-membered cyclic amide) rings is 1. The third-order valence-corrected chi connectivity index (χ3v) is 7.07. The second kappa shape index (κ2) is 9.71. The zero-order valence-electron chi connectivity index (χ0n) is 18.5. The van der Waals surface area contributed by atoms with Crippen LogP contribution in [-0.4, -0.2) is 45.0 Å². The smallest absolute Gasteiger partial charge is 0.359 e. The Labute approximate surface area is 205 Å². The lowest BCUT2D eigenvalue weighted by molar-refractivity contribution is -0.155. The van der Waals surface area contributed by atoms with Crippen LogP contribution >= 0.6 is 11.8 Å². The summed E-state index contributed by atoms with van der Waals surface area (Å²) in [6.07, 6.45) is 0.748. The standard InChI is InChI=1S/C26H22N2O6S/c29-19-15-35-25-21(27-20(30)14-18-12-7-13-33-18)24(31)28(25)22(19)26(32)34-23(16-8-3-1-4-9-16)17-10-5-2-6-11-17/h1-13,21,23,25,29H,14-15H2,(H,27,30)/t21?,25-/m0/s1. The number of aliphatic hydroxyl groups is 1. The number of hydrogen-bond acceptors (Lipinski definition) is 7.